The van der Waals surface area contributed by atoms with E-state index in [-0.39, 0.29) is 24.4 Å². The lowest BCUT2D eigenvalue weighted by atomic mass is 10.1. The summed E-state index contributed by atoms with van der Waals surface area (Å²) in [6, 6.07) is 20.3. The zero-order valence-corrected chi connectivity index (χ0v) is 23.7. The summed E-state index contributed by atoms with van der Waals surface area (Å²) in [4.78, 5) is 25.1. The number of rotatable bonds is 10. The maximum absolute atomic E-state index is 12.8. The molecule has 4 aromatic rings. The number of carbonyl (C=O) groups excluding carboxylic acids is 2. The fraction of sp³-hybridized carbons (Fsp3) is 0.241. The van der Waals surface area contributed by atoms with E-state index in [1.807, 2.05) is 66.9 Å². The van der Waals surface area contributed by atoms with E-state index in [4.69, 9.17) is 21.1 Å². The number of nitrogens with zero attached hydrogens (tertiary/aromatic N) is 3. The van der Waals surface area contributed by atoms with Gasteiger partial charge in [-0.25, -0.2) is 4.79 Å². The van der Waals surface area contributed by atoms with Gasteiger partial charge in [0.2, 0.25) is 5.91 Å². The Morgan fingerprint density at radius 2 is 1.72 bits per heavy atom. The lowest BCUT2D eigenvalue weighted by Crippen LogP contribution is -2.16. The molecule has 1 N–H and O–H groups in total. The smallest absolute Gasteiger partial charge is 0.338 e. The Labute approximate surface area is 236 Å². The largest absolute Gasteiger partial charge is 0.485 e. The molecule has 3 aromatic carbocycles. The molecule has 0 aliphatic heterocycles. The maximum atomic E-state index is 12.8. The predicted octanol–water partition coefficient (Wildman–Crippen LogP) is 6.41. The standard InChI is InChI=1S/C29H29ClN4O4S/c1-18(2)38-28(36)21-13-14-23(30)24(15-21)31-26(35)17-39-29-33-32-25(34(29)22-11-6-5-7-12-22)16-37-27-19(3)9-8-10-20(27)4/h5-15,18H,16-17H2,1-4H3,(H,31,35). The first-order valence-corrected chi connectivity index (χ1v) is 13.7. The number of thioether (sulfide) groups is 1. The molecule has 39 heavy (non-hydrogen) atoms. The Kier molecular flexibility index (Phi) is 9.27. The molecule has 0 spiro atoms. The topological polar surface area (TPSA) is 95.3 Å². The minimum Gasteiger partial charge on any atom is -0.485 e. The van der Waals surface area contributed by atoms with Gasteiger partial charge < -0.3 is 14.8 Å². The monoisotopic (exact) mass is 564 g/mol. The van der Waals surface area contributed by atoms with E-state index < -0.39 is 5.97 Å². The third kappa shape index (κ3) is 7.19. The number of nitrogens with one attached hydrogen (secondary N) is 1. The molecule has 1 aromatic heterocycles. The first-order valence-electron chi connectivity index (χ1n) is 12.3. The van der Waals surface area contributed by atoms with E-state index in [0.717, 1.165) is 22.6 Å². The maximum Gasteiger partial charge on any atom is 0.338 e. The first-order chi connectivity index (χ1) is 18.7. The molecule has 4 rings (SSSR count). The number of hydrogen-bond acceptors (Lipinski definition) is 7. The first kappa shape index (κ1) is 28.2. The third-order valence-corrected chi connectivity index (χ3v) is 6.88. The zero-order valence-electron chi connectivity index (χ0n) is 22.1. The van der Waals surface area contributed by atoms with Gasteiger partial charge in [-0.05, 0) is 69.2 Å². The third-order valence-electron chi connectivity index (χ3n) is 5.62. The van der Waals surface area contributed by atoms with Crippen molar-refractivity contribution in [2.75, 3.05) is 11.1 Å². The molecule has 0 bridgehead atoms. The lowest BCUT2D eigenvalue weighted by molar-refractivity contribution is -0.113. The van der Waals surface area contributed by atoms with Crippen LogP contribution in [0.25, 0.3) is 5.69 Å². The normalized spacial score (nSPS) is 10.9. The summed E-state index contributed by atoms with van der Waals surface area (Å²) in [5, 5.41) is 12.3. The Morgan fingerprint density at radius 3 is 2.41 bits per heavy atom. The van der Waals surface area contributed by atoms with Crippen LogP contribution in [0.4, 0.5) is 5.69 Å². The molecule has 0 saturated heterocycles. The Hall–Kier alpha value is -3.82. The molecule has 202 valence electrons. The lowest BCUT2D eigenvalue weighted by Gasteiger charge is -2.14. The number of aryl methyl sites for hydroxylation is 2. The van der Waals surface area contributed by atoms with Crippen LogP contribution >= 0.6 is 23.4 Å². The van der Waals surface area contributed by atoms with E-state index in [0.29, 0.717) is 27.3 Å². The quantitative estimate of drug-likeness (QED) is 0.175. The summed E-state index contributed by atoms with van der Waals surface area (Å²) in [5.41, 5.74) is 3.55. The number of para-hydroxylation sites is 2. The van der Waals surface area contributed by atoms with Gasteiger partial charge in [-0.3, -0.25) is 9.36 Å². The minimum absolute atomic E-state index is 0.0414. The molecule has 0 fully saturated rings. The number of amides is 1. The average Bonchev–Trinajstić information content (AvgIpc) is 3.31. The fourth-order valence-electron chi connectivity index (χ4n) is 3.83. The highest BCUT2D eigenvalue weighted by Crippen LogP contribution is 2.27. The second-order valence-electron chi connectivity index (χ2n) is 9.06. The van der Waals surface area contributed by atoms with Gasteiger partial charge in [0, 0.05) is 5.69 Å². The Bertz CT molecular complexity index is 1450. The van der Waals surface area contributed by atoms with Gasteiger partial charge in [-0.2, -0.15) is 0 Å². The van der Waals surface area contributed by atoms with Crippen molar-refractivity contribution in [3.8, 4) is 11.4 Å². The van der Waals surface area contributed by atoms with E-state index in [1.54, 1.807) is 26.0 Å². The molecule has 8 nitrogen and oxygen atoms in total. The van der Waals surface area contributed by atoms with Crippen LogP contribution in [0.3, 0.4) is 0 Å². The average molecular weight is 565 g/mol. The van der Waals surface area contributed by atoms with Crippen LogP contribution in [0.2, 0.25) is 5.02 Å². The molecule has 10 heteroatoms. The Balaban J connectivity index is 1.49. The highest BCUT2D eigenvalue weighted by molar-refractivity contribution is 7.99. The van der Waals surface area contributed by atoms with E-state index in [9.17, 15) is 9.59 Å². The number of halogens is 1. The van der Waals surface area contributed by atoms with Crippen molar-refractivity contribution in [2.45, 2.75) is 45.6 Å². The summed E-state index contributed by atoms with van der Waals surface area (Å²) in [5.74, 6) is 0.654. The highest BCUT2D eigenvalue weighted by atomic mass is 35.5. The van der Waals surface area contributed by atoms with Crippen molar-refractivity contribution in [1.82, 2.24) is 14.8 Å². The van der Waals surface area contributed by atoms with Crippen LogP contribution < -0.4 is 10.1 Å². The fourth-order valence-corrected chi connectivity index (χ4v) is 4.77. The van der Waals surface area contributed by atoms with Crippen molar-refractivity contribution < 1.29 is 19.1 Å². The molecule has 0 aliphatic carbocycles. The predicted molar refractivity (Wildman–Crippen MR) is 153 cm³/mol. The number of aromatic nitrogens is 3. The second kappa shape index (κ2) is 12.8. The van der Waals surface area contributed by atoms with Crippen molar-refractivity contribution in [3.63, 3.8) is 0 Å². The molecular formula is C29H29ClN4O4S. The molecule has 0 atom stereocenters. The number of benzene rings is 3. The summed E-state index contributed by atoms with van der Waals surface area (Å²) in [6.07, 6.45) is -0.263. The molecular weight excluding hydrogens is 536 g/mol. The SMILES string of the molecule is Cc1cccc(C)c1OCc1nnc(SCC(=O)Nc2cc(C(=O)OC(C)C)ccc2Cl)n1-c1ccccc1. The van der Waals surface area contributed by atoms with Crippen molar-refractivity contribution in [1.29, 1.82) is 0 Å². The highest BCUT2D eigenvalue weighted by Gasteiger charge is 2.18. The number of hydrogen-bond donors (Lipinski definition) is 1. The van der Waals surface area contributed by atoms with E-state index >= 15 is 0 Å². The van der Waals surface area contributed by atoms with Gasteiger partial charge in [0.05, 0.1) is 28.1 Å². The van der Waals surface area contributed by atoms with Gasteiger partial charge in [0.25, 0.3) is 0 Å². The van der Waals surface area contributed by atoms with Gasteiger partial charge in [0.1, 0.15) is 12.4 Å². The molecule has 0 radical (unpaired) electrons. The van der Waals surface area contributed by atoms with Crippen LogP contribution in [-0.4, -0.2) is 38.5 Å². The van der Waals surface area contributed by atoms with Gasteiger partial charge in [-0.1, -0.05) is 59.8 Å². The summed E-state index contributed by atoms with van der Waals surface area (Å²) in [6.45, 7) is 7.74. The number of esters is 1. The Morgan fingerprint density at radius 1 is 1.00 bits per heavy atom. The van der Waals surface area contributed by atoms with E-state index in [1.165, 1.54) is 17.8 Å². The number of carbonyl (C=O) groups is 2. The van der Waals surface area contributed by atoms with Crippen molar-refractivity contribution in [2.24, 2.45) is 0 Å². The summed E-state index contributed by atoms with van der Waals surface area (Å²) in [7, 11) is 0. The molecule has 0 saturated carbocycles. The van der Waals surface area contributed by atoms with E-state index in [2.05, 4.69) is 15.5 Å². The minimum atomic E-state index is -0.488. The summed E-state index contributed by atoms with van der Waals surface area (Å²) >= 11 is 7.50. The second-order valence-corrected chi connectivity index (χ2v) is 10.4. The number of ether oxygens (including phenoxy) is 2. The van der Waals surface area contributed by atoms with Crippen LogP contribution in [0, 0.1) is 13.8 Å². The molecule has 0 aliphatic rings. The molecule has 0 unspecified atom stereocenters. The molecule has 1 heterocycles. The number of anilines is 1. The van der Waals surface area contributed by atoms with Gasteiger partial charge in [-0.15, -0.1) is 10.2 Å². The van der Waals surface area contributed by atoms with Gasteiger partial charge >= 0.3 is 5.97 Å². The van der Waals surface area contributed by atoms with Crippen LogP contribution in [0.5, 0.6) is 5.75 Å². The van der Waals surface area contributed by atoms with Crippen LogP contribution in [-0.2, 0) is 16.1 Å². The summed E-state index contributed by atoms with van der Waals surface area (Å²) < 4.78 is 13.2. The molecule has 1 amide bonds. The van der Waals surface area contributed by atoms with Gasteiger partial charge in [0.15, 0.2) is 11.0 Å². The van der Waals surface area contributed by atoms with Crippen LogP contribution in [0.1, 0.15) is 41.2 Å². The van der Waals surface area contributed by atoms with Crippen LogP contribution in [0.15, 0.2) is 71.9 Å². The van der Waals surface area contributed by atoms with Crippen molar-refractivity contribution >= 4 is 40.9 Å². The van der Waals surface area contributed by atoms with Crippen molar-refractivity contribution in [3.05, 3.63) is 94.3 Å². The zero-order chi connectivity index (χ0) is 27.9.